The number of aromatic carboxylic acids is 1. The molecule has 1 aromatic carbocycles. The molecule has 0 saturated heterocycles. The Bertz CT molecular complexity index is 827. The third kappa shape index (κ3) is 3.84. The summed E-state index contributed by atoms with van der Waals surface area (Å²) in [6.45, 7) is 0.921. The lowest BCUT2D eigenvalue weighted by Gasteiger charge is -2.28. The molecule has 2 aromatic rings. The molecule has 1 aromatic heterocycles. The Morgan fingerprint density at radius 1 is 1.46 bits per heavy atom. The highest BCUT2D eigenvalue weighted by Gasteiger charge is 2.37. The molecule has 1 atom stereocenters. The van der Waals surface area contributed by atoms with E-state index in [2.05, 4.69) is 15.6 Å². The number of nitrogens with one attached hydrogen (secondary N) is 1. The van der Waals surface area contributed by atoms with E-state index in [1.807, 2.05) is 0 Å². The maximum absolute atomic E-state index is 12.2. The van der Waals surface area contributed by atoms with Crippen LogP contribution >= 0.6 is 0 Å². The van der Waals surface area contributed by atoms with E-state index >= 15 is 0 Å². The normalized spacial score (nSPS) is 15.9. The predicted molar refractivity (Wildman–Crippen MR) is 90.4 cm³/mol. The predicted octanol–water partition coefficient (Wildman–Crippen LogP) is -1.38. The van der Waals surface area contributed by atoms with Crippen molar-refractivity contribution in [3.05, 3.63) is 41.2 Å². The van der Waals surface area contributed by atoms with Crippen molar-refractivity contribution in [1.29, 1.82) is 0 Å². The number of hydrogen-bond acceptors (Lipinski definition) is 7. The van der Waals surface area contributed by atoms with Gasteiger partial charge in [0.05, 0.1) is 30.2 Å². The first-order valence-electron chi connectivity index (χ1n) is 8.06. The van der Waals surface area contributed by atoms with Crippen molar-refractivity contribution in [3.8, 4) is 5.75 Å². The van der Waals surface area contributed by atoms with Gasteiger partial charge >= 0.3 is 13.1 Å². The molecular formula is C15H18BN5O5. The fourth-order valence-electron chi connectivity index (χ4n) is 2.80. The first-order valence-corrected chi connectivity index (χ1v) is 8.06. The van der Waals surface area contributed by atoms with E-state index in [0.717, 1.165) is 0 Å². The monoisotopic (exact) mass is 359 g/mol. The second kappa shape index (κ2) is 7.54. The SMILES string of the molecule is NCCn1cc(CC(=O)N[C@H]2Cc3cccc(C(=O)O)c3OB2O)nn1. The molecular weight excluding hydrogens is 341 g/mol. The van der Waals surface area contributed by atoms with Gasteiger partial charge in [0.1, 0.15) is 5.75 Å². The molecule has 1 amide bonds. The quantitative estimate of drug-likeness (QED) is 0.460. The third-order valence-corrected chi connectivity index (χ3v) is 3.98. The van der Waals surface area contributed by atoms with Crippen molar-refractivity contribution in [2.45, 2.75) is 25.3 Å². The van der Waals surface area contributed by atoms with E-state index < -0.39 is 19.0 Å². The van der Waals surface area contributed by atoms with Gasteiger partial charge in [-0.05, 0) is 18.1 Å². The van der Waals surface area contributed by atoms with Crippen molar-refractivity contribution < 1.29 is 24.4 Å². The average Bonchev–Trinajstić information content (AvgIpc) is 3.02. The first-order chi connectivity index (χ1) is 12.5. The van der Waals surface area contributed by atoms with Gasteiger partial charge in [-0.25, -0.2) is 4.79 Å². The van der Waals surface area contributed by atoms with Gasteiger partial charge in [0.2, 0.25) is 5.91 Å². The van der Waals surface area contributed by atoms with Crippen LogP contribution in [-0.2, 0) is 24.2 Å². The molecule has 0 unspecified atom stereocenters. The number of nitrogens with two attached hydrogens (primary N) is 1. The molecule has 0 bridgehead atoms. The number of para-hydroxylation sites is 1. The van der Waals surface area contributed by atoms with Crippen LogP contribution in [0.4, 0.5) is 0 Å². The number of amides is 1. The van der Waals surface area contributed by atoms with Gasteiger partial charge in [-0.2, -0.15) is 0 Å². The molecule has 0 radical (unpaired) electrons. The van der Waals surface area contributed by atoms with Gasteiger partial charge in [-0.3, -0.25) is 9.48 Å². The molecule has 10 nitrogen and oxygen atoms in total. The largest absolute Gasteiger partial charge is 0.547 e. The molecule has 1 aliphatic heterocycles. The van der Waals surface area contributed by atoms with Crippen LogP contribution in [0.5, 0.6) is 5.75 Å². The fourth-order valence-corrected chi connectivity index (χ4v) is 2.80. The smallest absolute Gasteiger partial charge is 0.534 e. The molecule has 0 fully saturated rings. The van der Waals surface area contributed by atoms with Crippen molar-refractivity contribution in [2.75, 3.05) is 6.54 Å². The summed E-state index contributed by atoms with van der Waals surface area (Å²) in [5, 5.41) is 29.8. The van der Waals surface area contributed by atoms with Crippen LogP contribution in [0.15, 0.2) is 24.4 Å². The zero-order valence-electron chi connectivity index (χ0n) is 13.8. The van der Waals surface area contributed by atoms with Crippen LogP contribution in [0.3, 0.4) is 0 Å². The highest BCUT2D eigenvalue weighted by atomic mass is 16.5. The molecule has 136 valence electrons. The zero-order valence-corrected chi connectivity index (χ0v) is 13.8. The first kappa shape index (κ1) is 17.9. The Kier molecular flexibility index (Phi) is 5.19. The van der Waals surface area contributed by atoms with Crippen molar-refractivity contribution in [3.63, 3.8) is 0 Å². The standard InChI is InChI=1S/C15H18BN5O5/c17-4-5-21-8-10(19-20-21)7-13(22)18-12-6-9-2-1-3-11(15(23)24)14(9)26-16(12)25/h1-3,8,12,25H,4-7,17H2,(H,18,22)(H,23,24)/t12-/m0/s1. The Labute approximate surface area is 149 Å². The highest BCUT2D eigenvalue weighted by Crippen LogP contribution is 2.30. The van der Waals surface area contributed by atoms with Crippen LogP contribution in [0.2, 0.25) is 0 Å². The Hall–Kier alpha value is -2.92. The van der Waals surface area contributed by atoms with Gasteiger partial charge in [0.25, 0.3) is 0 Å². The molecule has 0 saturated carbocycles. The number of benzene rings is 1. The van der Waals surface area contributed by atoms with Gasteiger partial charge in [-0.1, -0.05) is 17.3 Å². The topological polar surface area (TPSA) is 153 Å². The highest BCUT2D eigenvalue weighted by molar-refractivity contribution is 6.47. The fraction of sp³-hybridized carbons (Fsp3) is 0.333. The number of carboxylic acids is 1. The summed E-state index contributed by atoms with van der Waals surface area (Å²) in [5.74, 6) is -2.06. The minimum Gasteiger partial charge on any atom is -0.534 e. The average molecular weight is 359 g/mol. The number of hydrogen-bond donors (Lipinski definition) is 4. The van der Waals surface area contributed by atoms with Crippen LogP contribution < -0.4 is 15.7 Å². The van der Waals surface area contributed by atoms with E-state index in [-0.39, 0.29) is 30.1 Å². The maximum atomic E-state index is 12.2. The van der Waals surface area contributed by atoms with Crippen molar-refractivity contribution >= 4 is 19.0 Å². The summed E-state index contributed by atoms with van der Waals surface area (Å²) in [7, 11) is -1.35. The van der Waals surface area contributed by atoms with E-state index in [9.17, 15) is 19.7 Å². The Morgan fingerprint density at radius 3 is 3.00 bits per heavy atom. The molecule has 5 N–H and O–H groups in total. The molecule has 11 heteroatoms. The van der Waals surface area contributed by atoms with Crippen molar-refractivity contribution in [2.24, 2.45) is 5.73 Å². The van der Waals surface area contributed by atoms with Gasteiger partial charge in [-0.15, -0.1) is 5.10 Å². The Morgan fingerprint density at radius 2 is 2.27 bits per heavy atom. The lowest BCUT2D eigenvalue weighted by molar-refractivity contribution is -0.120. The van der Waals surface area contributed by atoms with E-state index in [0.29, 0.717) is 24.3 Å². The second-order valence-electron chi connectivity index (χ2n) is 5.92. The van der Waals surface area contributed by atoms with Crippen LogP contribution in [0.25, 0.3) is 0 Å². The maximum Gasteiger partial charge on any atom is 0.547 e. The minimum absolute atomic E-state index is 0.00415. The molecule has 0 aliphatic carbocycles. The Balaban J connectivity index is 1.66. The summed E-state index contributed by atoms with van der Waals surface area (Å²) < 4.78 is 6.88. The lowest BCUT2D eigenvalue weighted by atomic mass is 9.72. The van der Waals surface area contributed by atoms with Gasteiger partial charge < -0.3 is 25.8 Å². The number of fused-ring (bicyclic) bond motifs is 1. The van der Waals surface area contributed by atoms with Crippen molar-refractivity contribution in [1.82, 2.24) is 20.3 Å². The minimum atomic E-state index is -1.35. The number of aromatic nitrogens is 3. The number of rotatable bonds is 6. The zero-order chi connectivity index (χ0) is 18.7. The number of carbonyl (C=O) groups is 2. The van der Waals surface area contributed by atoms with Gasteiger partial charge in [0, 0.05) is 12.7 Å². The molecule has 2 heterocycles. The summed E-state index contributed by atoms with van der Waals surface area (Å²) in [5.41, 5.74) is 6.49. The van der Waals surface area contributed by atoms with E-state index in [1.54, 1.807) is 23.0 Å². The van der Waals surface area contributed by atoms with Crippen LogP contribution in [-0.4, -0.2) is 56.6 Å². The van der Waals surface area contributed by atoms with Gasteiger partial charge in [0.15, 0.2) is 0 Å². The lowest BCUT2D eigenvalue weighted by Crippen LogP contribution is -2.53. The number of carboxylic acid groups (broad SMARTS) is 1. The third-order valence-electron chi connectivity index (χ3n) is 3.98. The summed E-state index contributed by atoms with van der Waals surface area (Å²) in [6.07, 6.45) is 1.88. The molecule has 26 heavy (non-hydrogen) atoms. The summed E-state index contributed by atoms with van der Waals surface area (Å²) in [6, 6.07) is 4.70. The summed E-state index contributed by atoms with van der Waals surface area (Å²) >= 11 is 0. The van der Waals surface area contributed by atoms with E-state index in [4.69, 9.17) is 10.4 Å². The second-order valence-corrected chi connectivity index (χ2v) is 5.92. The molecule has 0 spiro atoms. The number of carbonyl (C=O) groups excluding carboxylic acids is 1. The summed E-state index contributed by atoms with van der Waals surface area (Å²) in [4.78, 5) is 23.4. The molecule has 1 aliphatic rings. The van der Waals surface area contributed by atoms with Crippen LogP contribution in [0.1, 0.15) is 21.6 Å². The molecule has 3 rings (SSSR count). The van der Waals surface area contributed by atoms with Crippen LogP contribution in [0, 0.1) is 0 Å². The number of nitrogens with zero attached hydrogens (tertiary/aromatic N) is 3. The van der Waals surface area contributed by atoms with E-state index in [1.165, 1.54) is 6.07 Å².